The molecule has 0 bridgehead atoms. The number of benzene rings is 2. The van der Waals surface area contributed by atoms with Gasteiger partial charge < -0.3 is 19.5 Å². The maximum Gasteiger partial charge on any atom is 0.416 e. The highest BCUT2D eigenvalue weighted by atomic mass is 19.4. The van der Waals surface area contributed by atoms with Crippen molar-refractivity contribution in [3.8, 4) is 11.5 Å². The average Bonchev–Trinajstić information content (AvgIpc) is 3.19. The van der Waals surface area contributed by atoms with Crippen LogP contribution in [-0.4, -0.2) is 56.7 Å². The molecule has 0 aliphatic carbocycles. The van der Waals surface area contributed by atoms with Crippen LogP contribution in [0.15, 0.2) is 42.5 Å². The van der Waals surface area contributed by atoms with Gasteiger partial charge in [0.15, 0.2) is 0 Å². The molecule has 3 rings (SSSR count). The van der Waals surface area contributed by atoms with Gasteiger partial charge in [0.05, 0.1) is 26.9 Å². The summed E-state index contributed by atoms with van der Waals surface area (Å²) in [6, 6.07) is 8.39. The SMILES string of the molecule is COC(=O)[C@@H]1C[C@@H](NC(=O)c2ccc(C(F)(F)F)cc2)CN1Cc1cc(OC)cc(OC)c1. The van der Waals surface area contributed by atoms with Crippen molar-refractivity contribution in [2.24, 2.45) is 0 Å². The molecule has 178 valence electrons. The minimum Gasteiger partial charge on any atom is -0.497 e. The zero-order valence-corrected chi connectivity index (χ0v) is 18.4. The number of rotatable bonds is 7. The number of likely N-dealkylation sites (tertiary alicyclic amines) is 1. The molecule has 0 saturated carbocycles. The fourth-order valence-corrected chi connectivity index (χ4v) is 3.84. The number of nitrogens with zero attached hydrogens (tertiary/aromatic N) is 1. The molecule has 1 fully saturated rings. The molecule has 1 saturated heterocycles. The Morgan fingerprint density at radius 3 is 2.15 bits per heavy atom. The number of methoxy groups -OCH3 is 3. The van der Waals surface area contributed by atoms with Gasteiger partial charge in [0.25, 0.3) is 5.91 Å². The van der Waals surface area contributed by atoms with E-state index in [1.807, 2.05) is 17.0 Å². The van der Waals surface area contributed by atoms with E-state index in [4.69, 9.17) is 14.2 Å². The van der Waals surface area contributed by atoms with Gasteiger partial charge in [0.2, 0.25) is 0 Å². The van der Waals surface area contributed by atoms with Gasteiger partial charge in [0, 0.05) is 30.8 Å². The smallest absolute Gasteiger partial charge is 0.416 e. The summed E-state index contributed by atoms with van der Waals surface area (Å²) in [5.41, 5.74) is 0.119. The first-order chi connectivity index (χ1) is 15.6. The molecule has 33 heavy (non-hydrogen) atoms. The number of amides is 1. The summed E-state index contributed by atoms with van der Waals surface area (Å²) >= 11 is 0. The van der Waals surface area contributed by atoms with E-state index in [0.717, 1.165) is 29.8 Å². The van der Waals surface area contributed by atoms with Crippen LogP contribution in [0, 0.1) is 0 Å². The molecule has 2 aromatic rings. The minimum absolute atomic E-state index is 0.105. The van der Waals surface area contributed by atoms with E-state index in [0.29, 0.717) is 31.0 Å². The number of halogens is 3. The number of hydrogen-bond donors (Lipinski definition) is 1. The number of esters is 1. The van der Waals surface area contributed by atoms with Gasteiger partial charge in [-0.1, -0.05) is 0 Å². The van der Waals surface area contributed by atoms with Gasteiger partial charge >= 0.3 is 12.1 Å². The third kappa shape index (κ3) is 5.95. The summed E-state index contributed by atoms with van der Waals surface area (Å²) in [6.45, 7) is 0.728. The maximum atomic E-state index is 12.8. The molecule has 0 aromatic heterocycles. The molecule has 0 radical (unpaired) electrons. The summed E-state index contributed by atoms with van der Waals surface area (Å²) in [4.78, 5) is 26.8. The Balaban J connectivity index is 1.72. The van der Waals surface area contributed by atoms with Crippen molar-refractivity contribution in [3.05, 3.63) is 59.2 Å². The van der Waals surface area contributed by atoms with E-state index in [9.17, 15) is 22.8 Å². The van der Waals surface area contributed by atoms with E-state index in [2.05, 4.69) is 5.32 Å². The third-order valence-corrected chi connectivity index (χ3v) is 5.48. The van der Waals surface area contributed by atoms with Gasteiger partial charge in [-0.3, -0.25) is 14.5 Å². The zero-order valence-electron chi connectivity index (χ0n) is 18.4. The van der Waals surface area contributed by atoms with Crippen molar-refractivity contribution in [2.75, 3.05) is 27.9 Å². The normalized spacial score (nSPS) is 18.6. The Labute approximate surface area is 189 Å². The van der Waals surface area contributed by atoms with Crippen LogP contribution >= 0.6 is 0 Å². The number of carbonyl (C=O) groups excluding carboxylic acids is 2. The monoisotopic (exact) mass is 466 g/mol. The predicted molar refractivity (Wildman–Crippen MR) is 113 cm³/mol. The van der Waals surface area contributed by atoms with Crippen LogP contribution in [0.4, 0.5) is 13.2 Å². The summed E-state index contributed by atoms with van der Waals surface area (Å²) in [5.74, 6) is 0.258. The summed E-state index contributed by atoms with van der Waals surface area (Å²) in [5, 5.41) is 2.80. The number of alkyl halides is 3. The number of carbonyl (C=O) groups is 2. The van der Waals surface area contributed by atoms with Gasteiger partial charge in [-0.25, -0.2) is 0 Å². The summed E-state index contributed by atoms with van der Waals surface area (Å²) < 4.78 is 53.8. The second-order valence-electron chi connectivity index (χ2n) is 7.67. The van der Waals surface area contributed by atoms with Gasteiger partial charge in [-0.2, -0.15) is 13.2 Å². The van der Waals surface area contributed by atoms with E-state index in [-0.39, 0.29) is 5.56 Å². The molecule has 0 spiro atoms. The van der Waals surface area contributed by atoms with Gasteiger partial charge in [-0.05, 0) is 48.4 Å². The van der Waals surface area contributed by atoms with E-state index < -0.39 is 35.7 Å². The number of hydrogen-bond acceptors (Lipinski definition) is 6. The van der Waals surface area contributed by atoms with Crippen molar-refractivity contribution in [2.45, 2.75) is 31.2 Å². The van der Waals surface area contributed by atoms with E-state index in [1.54, 1.807) is 20.3 Å². The first kappa shape index (κ1) is 24.4. The van der Waals surface area contributed by atoms with E-state index in [1.165, 1.54) is 7.11 Å². The van der Waals surface area contributed by atoms with Crippen LogP contribution in [0.1, 0.15) is 27.9 Å². The van der Waals surface area contributed by atoms with Gasteiger partial charge in [-0.15, -0.1) is 0 Å². The average molecular weight is 466 g/mol. The highest BCUT2D eigenvalue weighted by Crippen LogP contribution is 2.30. The Morgan fingerprint density at radius 1 is 1.03 bits per heavy atom. The highest BCUT2D eigenvalue weighted by molar-refractivity contribution is 5.94. The molecule has 10 heteroatoms. The van der Waals surface area contributed by atoms with Crippen LogP contribution in [-0.2, 0) is 22.3 Å². The molecule has 2 aromatic carbocycles. The van der Waals surface area contributed by atoms with Crippen LogP contribution in [0.5, 0.6) is 11.5 Å². The van der Waals surface area contributed by atoms with Crippen LogP contribution in [0.2, 0.25) is 0 Å². The predicted octanol–water partition coefficient (Wildman–Crippen LogP) is 3.27. The quantitative estimate of drug-likeness (QED) is 0.632. The molecular weight excluding hydrogens is 441 g/mol. The fourth-order valence-electron chi connectivity index (χ4n) is 3.84. The Hall–Kier alpha value is -3.27. The minimum atomic E-state index is -4.47. The maximum absolute atomic E-state index is 12.8. The first-order valence-corrected chi connectivity index (χ1v) is 10.2. The molecule has 1 aliphatic heterocycles. The molecular formula is C23H25F3N2O5. The van der Waals surface area contributed by atoms with Crippen molar-refractivity contribution >= 4 is 11.9 Å². The standard InChI is InChI=1S/C23H25F3N2O5/c1-31-18-8-14(9-19(11-18)32-2)12-28-13-17(10-20(28)22(30)33-3)27-21(29)15-4-6-16(7-5-15)23(24,25)26/h4-9,11,17,20H,10,12-13H2,1-3H3,(H,27,29)/t17-,20+/m1/s1. The largest absolute Gasteiger partial charge is 0.497 e. The number of nitrogens with one attached hydrogen (secondary N) is 1. The second kappa shape index (κ2) is 10.1. The molecule has 7 nitrogen and oxygen atoms in total. The fraction of sp³-hybridized carbons (Fsp3) is 0.391. The molecule has 1 N–H and O–H groups in total. The summed E-state index contributed by atoms with van der Waals surface area (Å²) in [7, 11) is 4.38. The molecule has 1 aliphatic rings. The lowest BCUT2D eigenvalue weighted by Crippen LogP contribution is -2.37. The van der Waals surface area contributed by atoms with Crippen LogP contribution in [0.25, 0.3) is 0 Å². The van der Waals surface area contributed by atoms with Crippen molar-refractivity contribution in [3.63, 3.8) is 0 Å². The Bertz CT molecular complexity index is 972. The molecule has 1 amide bonds. The van der Waals surface area contributed by atoms with Crippen molar-refractivity contribution < 1.29 is 37.0 Å². The molecule has 1 heterocycles. The Kier molecular flexibility index (Phi) is 7.47. The van der Waals surface area contributed by atoms with Crippen LogP contribution in [0.3, 0.4) is 0 Å². The third-order valence-electron chi connectivity index (χ3n) is 5.48. The second-order valence-corrected chi connectivity index (χ2v) is 7.67. The first-order valence-electron chi connectivity index (χ1n) is 10.2. The lowest BCUT2D eigenvalue weighted by molar-refractivity contribution is -0.146. The van der Waals surface area contributed by atoms with Crippen molar-refractivity contribution in [1.29, 1.82) is 0 Å². The molecule has 0 unspecified atom stereocenters. The molecule has 2 atom stereocenters. The Morgan fingerprint density at radius 2 is 1.64 bits per heavy atom. The lowest BCUT2D eigenvalue weighted by atomic mass is 10.1. The van der Waals surface area contributed by atoms with Crippen molar-refractivity contribution in [1.82, 2.24) is 10.2 Å². The summed E-state index contributed by atoms with van der Waals surface area (Å²) in [6.07, 6.45) is -4.17. The highest BCUT2D eigenvalue weighted by Gasteiger charge is 2.38. The zero-order chi connectivity index (χ0) is 24.2. The lowest BCUT2D eigenvalue weighted by Gasteiger charge is -2.22. The topological polar surface area (TPSA) is 77.1 Å². The van der Waals surface area contributed by atoms with Gasteiger partial charge in [0.1, 0.15) is 17.5 Å². The number of ether oxygens (including phenoxy) is 3. The van der Waals surface area contributed by atoms with Crippen LogP contribution < -0.4 is 14.8 Å². The van der Waals surface area contributed by atoms with E-state index >= 15 is 0 Å².